The number of aromatic carboxylic acids is 1. The fourth-order valence-electron chi connectivity index (χ4n) is 2.52. The van der Waals surface area contributed by atoms with Gasteiger partial charge in [-0.25, -0.2) is 9.59 Å². The molecule has 0 fully saturated rings. The van der Waals surface area contributed by atoms with Crippen molar-refractivity contribution in [3.8, 4) is 5.75 Å². The van der Waals surface area contributed by atoms with Crippen LogP contribution in [0.2, 0.25) is 0 Å². The highest BCUT2D eigenvalue weighted by Crippen LogP contribution is 2.34. The number of rotatable bonds is 5. The Labute approximate surface area is 166 Å². The predicted molar refractivity (Wildman–Crippen MR) is 97.5 cm³/mol. The van der Waals surface area contributed by atoms with Crippen LogP contribution in [0, 0.1) is 0 Å². The topological polar surface area (TPSA) is 89.8 Å². The molecule has 0 atom stereocenters. The van der Waals surface area contributed by atoms with E-state index in [1.54, 1.807) is 20.8 Å². The number of aromatic nitrogens is 1. The van der Waals surface area contributed by atoms with Crippen molar-refractivity contribution >= 4 is 38.9 Å². The zero-order chi connectivity index (χ0) is 21.3. The van der Waals surface area contributed by atoms with Gasteiger partial charge in [0.2, 0.25) is 0 Å². The first-order valence-corrected chi connectivity index (χ1v) is 8.85. The quantitative estimate of drug-likeness (QED) is 0.675. The number of nitrogens with one attached hydrogen (secondary N) is 1. The smallest absolute Gasteiger partial charge is 0.477 e. The molecule has 1 amide bonds. The second kappa shape index (κ2) is 7.90. The van der Waals surface area contributed by atoms with Crippen molar-refractivity contribution in [2.75, 3.05) is 6.54 Å². The minimum absolute atomic E-state index is 0.0478. The van der Waals surface area contributed by atoms with Gasteiger partial charge in [0.25, 0.3) is 0 Å². The largest absolute Gasteiger partial charge is 0.573 e. The molecule has 1 aromatic heterocycles. The van der Waals surface area contributed by atoms with Gasteiger partial charge in [-0.15, -0.1) is 13.2 Å². The summed E-state index contributed by atoms with van der Waals surface area (Å²) in [6, 6.07) is 3.43. The lowest BCUT2D eigenvalue weighted by Gasteiger charge is -2.20. The Bertz CT molecular complexity index is 903. The number of halogens is 4. The first-order chi connectivity index (χ1) is 12.8. The van der Waals surface area contributed by atoms with Crippen molar-refractivity contribution in [2.45, 2.75) is 39.3 Å². The van der Waals surface area contributed by atoms with Crippen molar-refractivity contribution in [1.82, 2.24) is 9.88 Å². The van der Waals surface area contributed by atoms with E-state index >= 15 is 0 Å². The van der Waals surface area contributed by atoms with Gasteiger partial charge < -0.3 is 24.5 Å². The van der Waals surface area contributed by atoms with E-state index in [1.807, 2.05) is 0 Å². The third-order valence-corrected chi connectivity index (χ3v) is 3.98. The molecule has 0 spiro atoms. The van der Waals surface area contributed by atoms with Crippen LogP contribution in [0.15, 0.2) is 22.7 Å². The van der Waals surface area contributed by atoms with Gasteiger partial charge >= 0.3 is 18.4 Å². The van der Waals surface area contributed by atoms with Gasteiger partial charge in [0, 0.05) is 22.9 Å². The monoisotopic (exact) mass is 466 g/mol. The molecule has 0 saturated carbocycles. The van der Waals surface area contributed by atoms with Gasteiger partial charge in [-0.3, -0.25) is 0 Å². The van der Waals surface area contributed by atoms with Crippen molar-refractivity contribution in [3.63, 3.8) is 0 Å². The maximum absolute atomic E-state index is 12.5. The van der Waals surface area contributed by atoms with Crippen LogP contribution in [-0.4, -0.2) is 40.2 Å². The SMILES string of the molecule is CC(C)(C)OC(=O)NCCn1c(C(=O)O)cc2cc(OC(F)(F)F)cc(Br)c21. The molecule has 2 rings (SSSR count). The first kappa shape index (κ1) is 21.9. The van der Waals surface area contributed by atoms with E-state index in [4.69, 9.17) is 4.74 Å². The molecule has 11 heteroatoms. The Balaban J connectivity index is 2.30. The number of carbonyl (C=O) groups excluding carboxylic acids is 1. The van der Waals surface area contributed by atoms with Gasteiger partial charge in [-0.1, -0.05) is 0 Å². The van der Waals surface area contributed by atoms with Crippen molar-refractivity contribution in [2.24, 2.45) is 0 Å². The summed E-state index contributed by atoms with van der Waals surface area (Å²) in [5.41, 5.74) is -0.474. The van der Waals surface area contributed by atoms with E-state index < -0.39 is 29.8 Å². The summed E-state index contributed by atoms with van der Waals surface area (Å²) in [6.07, 6.45) is -5.54. The van der Waals surface area contributed by atoms with Crippen LogP contribution in [0.4, 0.5) is 18.0 Å². The molecule has 1 aromatic carbocycles. The van der Waals surface area contributed by atoms with Crippen LogP contribution in [-0.2, 0) is 11.3 Å². The summed E-state index contributed by atoms with van der Waals surface area (Å²) in [7, 11) is 0. The van der Waals surface area contributed by atoms with Crippen LogP contribution < -0.4 is 10.1 Å². The zero-order valence-electron chi connectivity index (χ0n) is 15.2. The number of carboxylic acids is 1. The molecule has 2 N–H and O–H groups in total. The second-order valence-electron chi connectivity index (χ2n) is 6.81. The first-order valence-electron chi connectivity index (χ1n) is 8.05. The second-order valence-corrected chi connectivity index (χ2v) is 7.66. The Morgan fingerprint density at radius 3 is 2.39 bits per heavy atom. The van der Waals surface area contributed by atoms with E-state index in [-0.39, 0.29) is 28.6 Å². The van der Waals surface area contributed by atoms with Crippen molar-refractivity contribution in [1.29, 1.82) is 0 Å². The van der Waals surface area contributed by atoms with Crippen LogP contribution in [0.25, 0.3) is 10.9 Å². The van der Waals surface area contributed by atoms with E-state index in [9.17, 15) is 27.9 Å². The van der Waals surface area contributed by atoms with Gasteiger partial charge in [0.1, 0.15) is 17.0 Å². The highest BCUT2D eigenvalue weighted by molar-refractivity contribution is 9.10. The number of alkyl carbamates (subject to hydrolysis) is 1. The fourth-order valence-corrected chi connectivity index (χ4v) is 3.19. The Morgan fingerprint density at radius 1 is 1.21 bits per heavy atom. The van der Waals surface area contributed by atoms with Crippen LogP contribution in [0.3, 0.4) is 0 Å². The molecule has 28 heavy (non-hydrogen) atoms. The third kappa shape index (κ3) is 5.78. The van der Waals surface area contributed by atoms with E-state index in [2.05, 4.69) is 26.0 Å². The minimum Gasteiger partial charge on any atom is -0.477 e. The molecular formula is C17H18BrF3N2O5. The summed E-state index contributed by atoms with van der Waals surface area (Å²) in [5, 5.41) is 12.2. The van der Waals surface area contributed by atoms with E-state index in [0.29, 0.717) is 5.52 Å². The molecule has 0 radical (unpaired) electrons. The number of fused-ring (bicyclic) bond motifs is 1. The van der Waals surface area contributed by atoms with Crippen LogP contribution in [0.1, 0.15) is 31.3 Å². The Kier molecular flexibility index (Phi) is 6.17. The van der Waals surface area contributed by atoms with Crippen molar-refractivity contribution < 1.29 is 37.3 Å². The third-order valence-electron chi connectivity index (χ3n) is 3.38. The van der Waals surface area contributed by atoms with Crippen LogP contribution >= 0.6 is 15.9 Å². The summed E-state index contributed by atoms with van der Waals surface area (Å²) >= 11 is 3.16. The van der Waals surface area contributed by atoms with E-state index in [1.165, 1.54) is 10.6 Å². The average Bonchev–Trinajstić information content (AvgIpc) is 2.82. The lowest BCUT2D eigenvalue weighted by atomic mass is 10.2. The Hall–Kier alpha value is -2.43. The van der Waals surface area contributed by atoms with E-state index in [0.717, 1.165) is 12.1 Å². The van der Waals surface area contributed by atoms with Gasteiger partial charge in [-0.2, -0.15) is 0 Å². The van der Waals surface area contributed by atoms with Gasteiger partial charge in [0.15, 0.2) is 0 Å². The zero-order valence-corrected chi connectivity index (χ0v) is 16.8. The molecule has 0 aliphatic heterocycles. The fraction of sp³-hybridized carbons (Fsp3) is 0.412. The lowest BCUT2D eigenvalue weighted by Crippen LogP contribution is -2.34. The molecule has 0 aliphatic carbocycles. The summed E-state index contributed by atoms with van der Waals surface area (Å²) in [5.74, 6) is -1.74. The number of hydrogen-bond acceptors (Lipinski definition) is 4. The van der Waals surface area contributed by atoms with Crippen LogP contribution in [0.5, 0.6) is 5.75 Å². The molecular weight excluding hydrogens is 449 g/mol. The minimum atomic E-state index is -4.87. The maximum atomic E-state index is 12.5. The average molecular weight is 467 g/mol. The van der Waals surface area contributed by atoms with Crippen molar-refractivity contribution in [3.05, 3.63) is 28.4 Å². The highest BCUT2D eigenvalue weighted by atomic mass is 79.9. The number of nitrogens with zero attached hydrogens (tertiary/aromatic N) is 1. The standard InChI is InChI=1S/C17H18BrF3N2O5/c1-16(2,3)28-15(26)22-4-5-23-12(14(24)25)7-9-6-10(27-17(19,20)21)8-11(18)13(9)23/h6-8H,4-5H2,1-3H3,(H,22,26)(H,24,25). The number of ether oxygens (including phenoxy) is 2. The molecule has 154 valence electrons. The molecule has 0 bridgehead atoms. The summed E-state index contributed by atoms with van der Waals surface area (Å²) in [6.45, 7) is 5.21. The molecule has 1 heterocycles. The van der Waals surface area contributed by atoms with Gasteiger partial charge in [-0.05, 0) is 54.9 Å². The number of carbonyl (C=O) groups is 2. The molecule has 7 nitrogen and oxygen atoms in total. The number of carboxylic acid groups (broad SMARTS) is 1. The molecule has 0 saturated heterocycles. The number of benzene rings is 1. The number of amides is 1. The Morgan fingerprint density at radius 2 is 1.86 bits per heavy atom. The predicted octanol–water partition coefficient (Wildman–Crippen LogP) is 4.53. The van der Waals surface area contributed by atoms with Gasteiger partial charge in [0.05, 0.1) is 5.52 Å². The summed E-state index contributed by atoms with van der Waals surface area (Å²) in [4.78, 5) is 23.3. The number of hydrogen-bond donors (Lipinski definition) is 2. The highest BCUT2D eigenvalue weighted by Gasteiger charge is 2.31. The molecule has 2 aromatic rings. The number of alkyl halides is 3. The maximum Gasteiger partial charge on any atom is 0.573 e. The molecule has 0 unspecified atom stereocenters. The normalized spacial score (nSPS) is 12.1. The molecule has 0 aliphatic rings. The summed E-state index contributed by atoms with van der Waals surface area (Å²) < 4.78 is 48.0. The lowest BCUT2D eigenvalue weighted by molar-refractivity contribution is -0.274.